The van der Waals surface area contributed by atoms with Crippen molar-refractivity contribution in [2.24, 2.45) is 5.92 Å². The molecule has 1 aliphatic heterocycles. The van der Waals surface area contributed by atoms with Crippen molar-refractivity contribution in [3.05, 3.63) is 63.7 Å². The van der Waals surface area contributed by atoms with Gasteiger partial charge in [0.1, 0.15) is 5.82 Å². The van der Waals surface area contributed by atoms with Gasteiger partial charge in [0.2, 0.25) is 5.91 Å². The number of carbonyl (C=O) groups excluding carboxylic acids is 1. The van der Waals surface area contributed by atoms with E-state index in [4.69, 9.17) is 11.6 Å². The number of hydrogen-bond donors (Lipinski definition) is 0. The minimum absolute atomic E-state index is 0.0142. The number of fused-ring (bicyclic) bond motifs is 1. The highest BCUT2D eigenvalue weighted by atomic mass is 35.5. The largest absolute Gasteiger partial charge is 0.368 e. The average Bonchev–Trinajstić information content (AvgIpc) is 2.80. The highest BCUT2D eigenvalue weighted by Gasteiger charge is 2.22. The van der Waals surface area contributed by atoms with E-state index in [-0.39, 0.29) is 29.0 Å². The summed E-state index contributed by atoms with van der Waals surface area (Å²) in [6.07, 6.45) is 0. The van der Waals surface area contributed by atoms with Gasteiger partial charge >= 0.3 is 0 Å². The molecule has 1 saturated heterocycles. The number of hydrogen-bond acceptors (Lipinski definition) is 5. The van der Waals surface area contributed by atoms with Crippen LogP contribution in [-0.2, 0) is 11.3 Å². The molecule has 0 aliphatic carbocycles. The van der Waals surface area contributed by atoms with Crippen LogP contribution in [0.3, 0.4) is 0 Å². The van der Waals surface area contributed by atoms with Crippen molar-refractivity contribution in [1.29, 1.82) is 0 Å². The molecule has 0 atom stereocenters. The van der Waals surface area contributed by atoms with Gasteiger partial charge < -0.3 is 9.80 Å². The maximum absolute atomic E-state index is 13.2. The summed E-state index contributed by atoms with van der Waals surface area (Å²) in [5, 5.41) is 1.52. The molecular formula is C24H26ClFN4O2S. The molecule has 3 aromatic rings. The van der Waals surface area contributed by atoms with Crippen LogP contribution in [0.4, 0.5) is 10.1 Å². The van der Waals surface area contributed by atoms with Crippen LogP contribution in [0, 0.1) is 11.7 Å². The molecule has 4 rings (SSSR count). The summed E-state index contributed by atoms with van der Waals surface area (Å²) < 4.78 is 14.8. The number of carbonyl (C=O) groups is 1. The zero-order valence-electron chi connectivity index (χ0n) is 18.6. The average molecular weight is 489 g/mol. The highest BCUT2D eigenvalue weighted by molar-refractivity contribution is 7.99. The molecule has 0 spiro atoms. The molecule has 0 unspecified atom stereocenters. The number of piperazine rings is 1. The molecule has 6 nitrogen and oxygen atoms in total. The number of nitrogens with zero attached hydrogens (tertiary/aromatic N) is 4. The van der Waals surface area contributed by atoms with E-state index in [0.29, 0.717) is 53.8 Å². The van der Waals surface area contributed by atoms with Gasteiger partial charge in [-0.2, -0.15) is 0 Å². The van der Waals surface area contributed by atoms with E-state index >= 15 is 0 Å². The molecule has 0 N–H and O–H groups in total. The molecule has 0 bridgehead atoms. The maximum atomic E-state index is 13.2. The van der Waals surface area contributed by atoms with Gasteiger partial charge in [-0.25, -0.2) is 9.37 Å². The predicted molar refractivity (Wildman–Crippen MR) is 132 cm³/mol. The molecule has 33 heavy (non-hydrogen) atoms. The monoisotopic (exact) mass is 488 g/mol. The number of aromatic nitrogens is 2. The van der Waals surface area contributed by atoms with E-state index in [1.54, 1.807) is 34.9 Å². The van der Waals surface area contributed by atoms with Crippen molar-refractivity contribution in [2.75, 3.05) is 36.8 Å². The molecule has 174 valence electrons. The summed E-state index contributed by atoms with van der Waals surface area (Å²) in [5.41, 5.74) is 1.39. The van der Waals surface area contributed by atoms with Gasteiger partial charge in [-0.05, 0) is 48.4 Å². The Kier molecular flexibility index (Phi) is 7.24. The molecule has 0 saturated carbocycles. The Hall–Kier alpha value is -2.58. The third kappa shape index (κ3) is 5.50. The van der Waals surface area contributed by atoms with Crippen molar-refractivity contribution < 1.29 is 9.18 Å². The minimum atomic E-state index is -0.258. The lowest BCUT2D eigenvalue weighted by Crippen LogP contribution is -2.49. The lowest BCUT2D eigenvalue weighted by atomic mass is 10.2. The van der Waals surface area contributed by atoms with E-state index in [1.165, 1.54) is 23.9 Å². The topological polar surface area (TPSA) is 58.4 Å². The van der Waals surface area contributed by atoms with E-state index in [0.717, 1.165) is 5.69 Å². The third-order valence-electron chi connectivity index (χ3n) is 5.58. The van der Waals surface area contributed by atoms with Crippen molar-refractivity contribution in [2.45, 2.75) is 25.5 Å². The van der Waals surface area contributed by atoms with Gasteiger partial charge in [0.25, 0.3) is 5.56 Å². The van der Waals surface area contributed by atoms with Gasteiger partial charge in [0.15, 0.2) is 5.16 Å². The van der Waals surface area contributed by atoms with Crippen LogP contribution in [0.1, 0.15) is 13.8 Å². The summed E-state index contributed by atoms with van der Waals surface area (Å²) in [6, 6.07) is 11.5. The molecule has 2 heterocycles. The lowest BCUT2D eigenvalue weighted by molar-refractivity contribution is -0.128. The molecule has 9 heteroatoms. The zero-order chi connectivity index (χ0) is 23.5. The van der Waals surface area contributed by atoms with Crippen LogP contribution in [0.15, 0.2) is 52.4 Å². The van der Waals surface area contributed by atoms with Crippen LogP contribution in [0.5, 0.6) is 0 Å². The van der Waals surface area contributed by atoms with E-state index < -0.39 is 0 Å². The second-order valence-electron chi connectivity index (χ2n) is 8.50. The van der Waals surface area contributed by atoms with Crippen molar-refractivity contribution in [3.63, 3.8) is 0 Å². The predicted octanol–water partition coefficient (Wildman–Crippen LogP) is 4.29. The Morgan fingerprint density at radius 1 is 1.12 bits per heavy atom. The van der Waals surface area contributed by atoms with Crippen molar-refractivity contribution in [3.8, 4) is 0 Å². The third-order valence-corrected chi connectivity index (χ3v) is 6.77. The summed E-state index contributed by atoms with van der Waals surface area (Å²) in [7, 11) is 0. The van der Waals surface area contributed by atoms with Crippen LogP contribution < -0.4 is 10.5 Å². The summed E-state index contributed by atoms with van der Waals surface area (Å²) in [6.45, 7) is 7.16. The highest BCUT2D eigenvalue weighted by Crippen LogP contribution is 2.22. The molecule has 1 aliphatic rings. The first-order valence-corrected chi connectivity index (χ1v) is 12.3. The number of halogens is 2. The number of benzene rings is 2. The number of rotatable bonds is 6. The minimum Gasteiger partial charge on any atom is -0.368 e. The first-order valence-electron chi connectivity index (χ1n) is 10.9. The normalized spacial score (nSPS) is 14.3. The molecule has 1 fully saturated rings. The number of anilines is 1. The fraction of sp³-hybridized carbons (Fsp3) is 0.375. The van der Waals surface area contributed by atoms with E-state index in [2.05, 4.69) is 9.88 Å². The first-order chi connectivity index (χ1) is 15.8. The lowest BCUT2D eigenvalue weighted by Gasteiger charge is -2.36. The van der Waals surface area contributed by atoms with Gasteiger partial charge in [-0.3, -0.25) is 14.2 Å². The summed E-state index contributed by atoms with van der Waals surface area (Å²) >= 11 is 7.38. The fourth-order valence-corrected chi connectivity index (χ4v) is 4.98. The SMILES string of the molecule is CC(C)Cn1c(SCC(=O)N2CCN(c3ccc(F)cc3)CC2)nc2ccc(Cl)cc2c1=O. The van der Waals surface area contributed by atoms with Gasteiger partial charge in [0.05, 0.1) is 16.7 Å². The maximum Gasteiger partial charge on any atom is 0.262 e. The van der Waals surface area contributed by atoms with Crippen molar-refractivity contribution in [1.82, 2.24) is 14.5 Å². The van der Waals surface area contributed by atoms with Crippen molar-refractivity contribution >= 4 is 45.9 Å². The second-order valence-corrected chi connectivity index (χ2v) is 9.88. The van der Waals surface area contributed by atoms with Crippen LogP contribution in [0.2, 0.25) is 5.02 Å². The van der Waals surface area contributed by atoms with Crippen LogP contribution >= 0.6 is 23.4 Å². The Labute approximate surface area is 201 Å². The van der Waals surface area contributed by atoms with Crippen LogP contribution in [0.25, 0.3) is 10.9 Å². The Morgan fingerprint density at radius 3 is 2.48 bits per heavy atom. The van der Waals surface area contributed by atoms with E-state index in [1.807, 2.05) is 18.7 Å². The second kappa shape index (κ2) is 10.1. The Bertz CT molecular complexity index is 1210. The summed E-state index contributed by atoms with van der Waals surface area (Å²) in [4.78, 5) is 34.6. The summed E-state index contributed by atoms with van der Waals surface area (Å²) in [5.74, 6) is 0.210. The molecule has 0 radical (unpaired) electrons. The Morgan fingerprint density at radius 2 is 1.82 bits per heavy atom. The standard InChI is InChI=1S/C24H26ClFN4O2S/c1-16(2)14-30-23(32)20-13-17(25)3-8-21(20)27-24(30)33-15-22(31)29-11-9-28(10-12-29)19-6-4-18(26)5-7-19/h3-8,13,16H,9-12,14-15H2,1-2H3. The van der Waals surface area contributed by atoms with Gasteiger partial charge in [-0.15, -0.1) is 0 Å². The van der Waals surface area contributed by atoms with Gasteiger partial charge in [-0.1, -0.05) is 37.2 Å². The fourth-order valence-electron chi connectivity index (χ4n) is 3.89. The van der Waals surface area contributed by atoms with E-state index in [9.17, 15) is 14.0 Å². The van der Waals surface area contributed by atoms with Gasteiger partial charge in [0, 0.05) is 43.4 Å². The molecule has 1 aromatic heterocycles. The smallest absolute Gasteiger partial charge is 0.262 e. The molecule has 1 amide bonds. The molecular weight excluding hydrogens is 463 g/mol. The number of thioether (sulfide) groups is 1. The number of amides is 1. The zero-order valence-corrected chi connectivity index (χ0v) is 20.2. The molecule has 2 aromatic carbocycles. The quantitative estimate of drug-likeness (QED) is 0.383. The first kappa shape index (κ1) is 23.6. The Balaban J connectivity index is 1.44. The van der Waals surface area contributed by atoms with Crippen LogP contribution in [-0.4, -0.2) is 52.3 Å².